The number of hydrogen-bond acceptors (Lipinski definition) is 4. The average Bonchev–Trinajstić information content (AvgIpc) is 2.73. The molecule has 29 heavy (non-hydrogen) atoms. The van der Waals surface area contributed by atoms with Crippen molar-refractivity contribution in [1.82, 2.24) is 10.2 Å². The predicted octanol–water partition coefficient (Wildman–Crippen LogP) is 3.85. The molecule has 0 saturated heterocycles. The van der Waals surface area contributed by atoms with Crippen LogP contribution in [-0.2, 0) is 9.59 Å². The van der Waals surface area contributed by atoms with E-state index in [9.17, 15) is 9.59 Å². The van der Waals surface area contributed by atoms with Crippen LogP contribution in [0.25, 0.3) is 6.08 Å². The fourth-order valence-corrected chi connectivity index (χ4v) is 3.64. The van der Waals surface area contributed by atoms with E-state index in [0.717, 1.165) is 16.7 Å². The van der Waals surface area contributed by atoms with Crippen molar-refractivity contribution in [2.24, 2.45) is 0 Å². The molecule has 0 fully saturated rings. The minimum atomic E-state index is -0.340. The molecule has 6 heteroatoms. The first kappa shape index (κ1) is 20.5. The molecule has 1 aliphatic rings. The highest BCUT2D eigenvalue weighted by atomic mass is 16.5. The molecule has 2 atom stereocenters. The standard InChI is InChI=1S/C23H26N2O4/c1-15(20-13-18(28-3)9-10-22(20)29-4)24-23(27)14-21-19-8-6-5-7-17(19)11-12-25(21)16(2)26/h5-13,15,21H,14H2,1-4H3,(H,24,27)/t15-,21-/m0/s1. The van der Waals surface area contributed by atoms with Crippen LogP contribution in [-0.4, -0.2) is 30.9 Å². The Balaban J connectivity index is 1.79. The monoisotopic (exact) mass is 394 g/mol. The van der Waals surface area contributed by atoms with Gasteiger partial charge in [0.05, 0.1) is 32.7 Å². The third-order valence-corrected chi connectivity index (χ3v) is 5.13. The van der Waals surface area contributed by atoms with Crippen molar-refractivity contribution in [3.8, 4) is 11.5 Å². The first-order chi connectivity index (χ1) is 13.9. The zero-order chi connectivity index (χ0) is 21.0. The summed E-state index contributed by atoms with van der Waals surface area (Å²) in [6.45, 7) is 3.40. The number of fused-ring (bicyclic) bond motifs is 1. The highest BCUT2D eigenvalue weighted by Gasteiger charge is 2.28. The topological polar surface area (TPSA) is 67.9 Å². The van der Waals surface area contributed by atoms with Gasteiger partial charge in [0.15, 0.2) is 0 Å². The van der Waals surface area contributed by atoms with E-state index in [2.05, 4.69) is 5.32 Å². The lowest BCUT2D eigenvalue weighted by Crippen LogP contribution is -2.36. The van der Waals surface area contributed by atoms with Crippen molar-refractivity contribution in [2.75, 3.05) is 14.2 Å². The summed E-state index contributed by atoms with van der Waals surface area (Å²) < 4.78 is 10.7. The minimum absolute atomic E-state index is 0.101. The first-order valence-corrected chi connectivity index (χ1v) is 9.52. The van der Waals surface area contributed by atoms with E-state index in [1.165, 1.54) is 6.92 Å². The quantitative estimate of drug-likeness (QED) is 0.808. The molecule has 0 aromatic heterocycles. The minimum Gasteiger partial charge on any atom is -0.497 e. The summed E-state index contributed by atoms with van der Waals surface area (Å²) in [5.74, 6) is 1.12. The highest BCUT2D eigenvalue weighted by Crippen LogP contribution is 2.34. The Bertz CT molecular complexity index is 938. The van der Waals surface area contributed by atoms with Crippen LogP contribution >= 0.6 is 0 Å². The van der Waals surface area contributed by atoms with Crippen LogP contribution in [0.2, 0.25) is 0 Å². The first-order valence-electron chi connectivity index (χ1n) is 9.52. The molecule has 2 amide bonds. The Kier molecular flexibility index (Phi) is 6.22. The largest absolute Gasteiger partial charge is 0.497 e. The Morgan fingerprint density at radius 3 is 2.59 bits per heavy atom. The summed E-state index contributed by atoms with van der Waals surface area (Å²) in [5.41, 5.74) is 2.81. The summed E-state index contributed by atoms with van der Waals surface area (Å²) in [7, 11) is 3.19. The Morgan fingerprint density at radius 2 is 1.90 bits per heavy atom. The maximum atomic E-state index is 12.9. The summed E-state index contributed by atoms with van der Waals surface area (Å²) in [6, 6.07) is 12.7. The van der Waals surface area contributed by atoms with Gasteiger partial charge in [-0.2, -0.15) is 0 Å². The summed E-state index contributed by atoms with van der Waals surface area (Å²) in [5, 5.41) is 3.02. The van der Waals surface area contributed by atoms with Crippen LogP contribution in [0.4, 0.5) is 0 Å². The normalized spacial score (nSPS) is 16.0. The van der Waals surface area contributed by atoms with Gasteiger partial charge in [-0.15, -0.1) is 0 Å². The lowest BCUT2D eigenvalue weighted by atomic mass is 9.93. The van der Waals surface area contributed by atoms with E-state index in [1.54, 1.807) is 25.3 Å². The fraction of sp³-hybridized carbons (Fsp3) is 0.304. The number of carbonyl (C=O) groups excluding carboxylic acids is 2. The molecule has 152 valence electrons. The summed E-state index contributed by atoms with van der Waals surface area (Å²) >= 11 is 0. The van der Waals surface area contributed by atoms with Crippen LogP contribution in [0.3, 0.4) is 0 Å². The second kappa shape index (κ2) is 8.82. The van der Waals surface area contributed by atoms with Crippen molar-refractivity contribution in [2.45, 2.75) is 32.4 Å². The van der Waals surface area contributed by atoms with Crippen molar-refractivity contribution < 1.29 is 19.1 Å². The number of methoxy groups -OCH3 is 2. The zero-order valence-corrected chi connectivity index (χ0v) is 17.1. The van der Waals surface area contributed by atoms with Gasteiger partial charge in [0, 0.05) is 18.7 Å². The smallest absolute Gasteiger partial charge is 0.223 e. The molecule has 2 aromatic rings. The average molecular weight is 394 g/mol. The Labute approximate surface area is 171 Å². The van der Waals surface area contributed by atoms with E-state index in [1.807, 2.05) is 55.5 Å². The van der Waals surface area contributed by atoms with Gasteiger partial charge in [0.25, 0.3) is 0 Å². The second-order valence-electron chi connectivity index (χ2n) is 6.99. The maximum Gasteiger partial charge on any atom is 0.223 e. The summed E-state index contributed by atoms with van der Waals surface area (Å²) in [6.07, 6.45) is 3.81. The van der Waals surface area contributed by atoms with Crippen LogP contribution in [0, 0.1) is 0 Å². The molecular weight excluding hydrogens is 368 g/mol. The lowest BCUT2D eigenvalue weighted by molar-refractivity contribution is -0.130. The van der Waals surface area contributed by atoms with E-state index in [-0.39, 0.29) is 30.3 Å². The third kappa shape index (κ3) is 4.42. The van der Waals surface area contributed by atoms with Crippen molar-refractivity contribution in [3.63, 3.8) is 0 Å². The fourth-order valence-electron chi connectivity index (χ4n) is 3.64. The van der Waals surface area contributed by atoms with Gasteiger partial charge in [0.2, 0.25) is 11.8 Å². The van der Waals surface area contributed by atoms with E-state index >= 15 is 0 Å². The van der Waals surface area contributed by atoms with Gasteiger partial charge in [0.1, 0.15) is 11.5 Å². The maximum absolute atomic E-state index is 12.9. The Hall–Kier alpha value is -3.28. The van der Waals surface area contributed by atoms with Gasteiger partial charge >= 0.3 is 0 Å². The number of rotatable bonds is 6. The molecule has 1 aliphatic heterocycles. The third-order valence-electron chi connectivity index (χ3n) is 5.13. The molecule has 0 spiro atoms. The van der Waals surface area contributed by atoms with Gasteiger partial charge in [-0.3, -0.25) is 9.59 Å². The highest BCUT2D eigenvalue weighted by molar-refractivity contribution is 5.82. The number of amides is 2. The molecule has 6 nitrogen and oxygen atoms in total. The number of benzene rings is 2. The van der Waals surface area contributed by atoms with E-state index in [4.69, 9.17) is 9.47 Å². The molecule has 0 bridgehead atoms. The SMILES string of the molecule is COc1ccc(OC)c([C@H](C)NC(=O)C[C@H]2c3ccccc3C=CN2C(C)=O)c1. The van der Waals surface area contributed by atoms with E-state index < -0.39 is 0 Å². The van der Waals surface area contributed by atoms with Crippen molar-refractivity contribution in [3.05, 3.63) is 65.4 Å². The van der Waals surface area contributed by atoms with Crippen molar-refractivity contribution >= 4 is 17.9 Å². The molecule has 0 aliphatic carbocycles. The van der Waals surface area contributed by atoms with E-state index in [0.29, 0.717) is 11.5 Å². The second-order valence-corrected chi connectivity index (χ2v) is 6.99. The number of hydrogen-bond donors (Lipinski definition) is 1. The van der Waals surface area contributed by atoms with Crippen LogP contribution in [0.5, 0.6) is 11.5 Å². The number of nitrogens with zero attached hydrogens (tertiary/aromatic N) is 1. The zero-order valence-electron chi connectivity index (χ0n) is 17.1. The number of nitrogens with one attached hydrogen (secondary N) is 1. The molecule has 0 saturated carbocycles. The predicted molar refractivity (Wildman–Crippen MR) is 111 cm³/mol. The number of carbonyl (C=O) groups is 2. The summed E-state index contributed by atoms with van der Waals surface area (Å²) in [4.78, 5) is 26.6. The van der Waals surface area contributed by atoms with Crippen LogP contribution < -0.4 is 14.8 Å². The Morgan fingerprint density at radius 1 is 1.14 bits per heavy atom. The van der Waals surface area contributed by atoms with Gasteiger partial charge < -0.3 is 19.7 Å². The molecule has 3 rings (SSSR count). The number of ether oxygens (including phenoxy) is 2. The lowest BCUT2D eigenvalue weighted by Gasteiger charge is -2.32. The molecule has 0 radical (unpaired) electrons. The van der Waals surface area contributed by atoms with Crippen LogP contribution in [0.1, 0.15) is 49.0 Å². The van der Waals surface area contributed by atoms with Gasteiger partial charge in [-0.1, -0.05) is 24.3 Å². The van der Waals surface area contributed by atoms with Gasteiger partial charge in [-0.25, -0.2) is 0 Å². The molecular formula is C23H26N2O4. The van der Waals surface area contributed by atoms with Gasteiger partial charge in [-0.05, 0) is 42.3 Å². The molecule has 2 aromatic carbocycles. The molecule has 1 N–H and O–H groups in total. The van der Waals surface area contributed by atoms with Crippen molar-refractivity contribution in [1.29, 1.82) is 0 Å². The molecule has 0 unspecified atom stereocenters. The molecule has 1 heterocycles. The van der Waals surface area contributed by atoms with Crippen LogP contribution in [0.15, 0.2) is 48.7 Å².